The molecule has 0 saturated carbocycles. The normalized spacial score (nSPS) is 10.4. The topological polar surface area (TPSA) is 60.2 Å². The summed E-state index contributed by atoms with van der Waals surface area (Å²) >= 11 is 6.18. The third kappa shape index (κ3) is 3.86. The molecule has 2 N–H and O–H groups in total. The van der Waals surface area contributed by atoms with E-state index in [1.54, 1.807) is 18.2 Å². The van der Waals surface area contributed by atoms with Crippen LogP contribution in [0.15, 0.2) is 32.0 Å². The summed E-state index contributed by atoms with van der Waals surface area (Å²) in [6, 6.07) is 4.93. The van der Waals surface area contributed by atoms with E-state index in [4.69, 9.17) is 10.7 Å². The van der Waals surface area contributed by atoms with E-state index in [-0.39, 0.29) is 4.90 Å². The summed E-state index contributed by atoms with van der Waals surface area (Å²) < 4.78 is 22.9. The monoisotopic (exact) mass is 363 g/mol. The SMILES string of the molecule is CN.O=S(=O)(Cl)c1c(Br)cccc1Br. The molecule has 0 aromatic heterocycles. The van der Waals surface area contributed by atoms with Crippen LogP contribution in [0.5, 0.6) is 0 Å². The maximum atomic E-state index is 11.0. The highest BCUT2D eigenvalue weighted by molar-refractivity contribution is 9.11. The number of halogens is 3. The van der Waals surface area contributed by atoms with E-state index in [9.17, 15) is 8.42 Å². The van der Waals surface area contributed by atoms with Crippen molar-refractivity contribution in [2.24, 2.45) is 5.73 Å². The Labute approximate surface area is 104 Å². The van der Waals surface area contributed by atoms with Crippen molar-refractivity contribution >= 4 is 51.6 Å². The first-order valence-corrected chi connectivity index (χ1v) is 7.29. The molecule has 0 radical (unpaired) electrons. The van der Waals surface area contributed by atoms with Crippen molar-refractivity contribution in [3.8, 4) is 0 Å². The minimum atomic E-state index is -3.69. The standard InChI is InChI=1S/C6H3Br2ClO2S.CH5N/c7-4-2-1-3-5(8)6(4)12(9,10)11;1-2/h1-3H;2H2,1H3. The van der Waals surface area contributed by atoms with Gasteiger partial charge in [-0.25, -0.2) is 8.42 Å². The van der Waals surface area contributed by atoms with Gasteiger partial charge in [-0.1, -0.05) is 6.07 Å². The van der Waals surface area contributed by atoms with E-state index in [1.807, 2.05) is 0 Å². The predicted molar refractivity (Wildman–Crippen MR) is 65.0 cm³/mol. The summed E-state index contributed by atoms with van der Waals surface area (Å²) in [5, 5.41) is 0. The van der Waals surface area contributed by atoms with Gasteiger partial charge in [-0.05, 0) is 51.0 Å². The number of hydrogen-bond acceptors (Lipinski definition) is 3. The fraction of sp³-hybridized carbons (Fsp3) is 0.143. The summed E-state index contributed by atoms with van der Waals surface area (Å²) in [5.74, 6) is 0. The maximum absolute atomic E-state index is 11.0. The molecule has 0 bridgehead atoms. The third-order valence-electron chi connectivity index (χ3n) is 1.16. The molecule has 0 heterocycles. The molecule has 0 unspecified atom stereocenters. The fourth-order valence-electron chi connectivity index (χ4n) is 0.715. The van der Waals surface area contributed by atoms with E-state index in [2.05, 4.69) is 37.6 Å². The highest BCUT2D eigenvalue weighted by atomic mass is 79.9. The largest absolute Gasteiger partial charge is 0.333 e. The minimum absolute atomic E-state index is 0.0617. The summed E-state index contributed by atoms with van der Waals surface area (Å²) in [4.78, 5) is 0.0617. The van der Waals surface area contributed by atoms with E-state index in [0.29, 0.717) is 8.95 Å². The van der Waals surface area contributed by atoms with Crippen LogP contribution in [0.25, 0.3) is 0 Å². The van der Waals surface area contributed by atoms with Gasteiger partial charge in [-0.15, -0.1) is 0 Å². The Bertz CT molecular complexity index is 388. The Morgan fingerprint density at radius 2 is 1.57 bits per heavy atom. The summed E-state index contributed by atoms with van der Waals surface area (Å²) in [5.41, 5.74) is 4.50. The van der Waals surface area contributed by atoms with Crippen molar-refractivity contribution in [3.05, 3.63) is 27.1 Å². The van der Waals surface area contributed by atoms with Crippen LogP contribution >= 0.6 is 42.5 Å². The quantitative estimate of drug-likeness (QED) is 0.779. The van der Waals surface area contributed by atoms with Gasteiger partial charge in [-0.2, -0.15) is 0 Å². The Morgan fingerprint density at radius 1 is 1.21 bits per heavy atom. The molecule has 14 heavy (non-hydrogen) atoms. The van der Waals surface area contributed by atoms with Crippen LogP contribution in [0.2, 0.25) is 0 Å². The lowest BCUT2D eigenvalue weighted by molar-refractivity contribution is 0.608. The Hall–Kier alpha value is 0.380. The predicted octanol–water partition coefficient (Wildman–Crippen LogP) is 2.71. The van der Waals surface area contributed by atoms with Gasteiger partial charge in [-0.3, -0.25) is 0 Å². The van der Waals surface area contributed by atoms with E-state index in [0.717, 1.165) is 0 Å². The van der Waals surface area contributed by atoms with Gasteiger partial charge in [0.1, 0.15) is 4.90 Å². The van der Waals surface area contributed by atoms with Crippen molar-refractivity contribution in [2.45, 2.75) is 4.90 Å². The van der Waals surface area contributed by atoms with Crippen molar-refractivity contribution in [1.82, 2.24) is 0 Å². The van der Waals surface area contributed by atoms with Crippen LogP contribution in [0.4, 0.5) is 0 Å². The zero-order valence-electron chi connectivity index (χ0n) is 7.17. The summed E-state index contributed by atoms with van der Waals surface area (Å²) in [6.07, 6.45) is 0. The van der Waals surface area contributed by atoms with Gasteiger partial charge in [0.15, 0.2) is 0 Å². The van der Waals surface area contributed by atoms with Crippen LogP contribution in [-0.2, 0) is 9.05 Å². The second-order valence-corrected chi connectivity index (χ2v) is 6.20. The number of nitrogens with two attached hydrogens (primary N) is 1. The van der Waals surface area contributed by atoms with E-state index in [1.165, 1.54) is 7.05 Å². The number of benzene rings is 1. The molecule has 3 nitrogen and oxygen atoms in total. The lowest BCUT2D eigenvalue weighted by Gasteiger charge is -2.01. The second-order valence-electron chi connectivity index (χ2n) is 1.99. The maximum Gasteiger partial charge on any atom is 0.263 e. The Balaban J connectivity index is 0.000000791. The molecule has 0 aliphatic carbocycles. The molecule has 1 rings (SSSR count). The summed E-state index contributed by atoms with van der Waals surface area (Å²) in [7, 11) is 3.00. The number of rotatable bonds is 1. The van der Waals surface area contributed by atoms with Crippen molar-refractivity contribution in [3.63, 3.8) is 0 Å². The second kappa shape index (κ2) is 6.07. The van der Waals surface area contributed by atoms with Crippen molar-refractivity contribution < 1.29 is 8.42 Å². The smallest absolute Gasteiger partial charge is 0.263 e. The summed E-state index contributed by atoms with van der Waals surface area (Å²) in [6.45, 7) is 0. The molecule has 0 atom stereocenters. The van der Waals surface area contributed by atoms with Gasteiger partial charge in [0.05, 0.1) is 0 Å². The highest BCUT2D eigenvalue weighted by Crippen LogP contribution is 2.31. The van der Waals surface area contributed by atoms with Gasteiger partial charge >= 0.3 is 0 Å². The first-order chi connectivity index (χ1) is 6.43. The minimum Gasteiger partial charge on any atom is -0.333 e. The van der Waals surface area contributed by atoms with Crippen molar-refractivity contribution in [2.75, 3.05) is 7.05 Å². The molecule has 1 aromatic carbocycles. The van der Waals surface area contributed by atoms with Crippen LogP contribution < -0.4 is 5.73 Å². The molecular weight excluding hydrogens is 357 g/mol. The molecule has 0 aliphatic heterocycles. The van der Waals surface area contributed by atoms with Crippen LogP contribution in [0.3, 0.4) is 0 Å². The van der Waals surface area contributed by atoms with Gasteiger partial charge in [0.2, 0.25) is 0 Å². The van der Waals surface area contributed by atoms with Gasteiger partial charge < -0.3 is 5.73 Å². The fourth-order valence-corrected chi connectivity index (χ4v) is 4.65. The molecule has 7 heteroatoms. The van der Waals surface area contributed by atoms with Gasteiger partial charge in [0.25, 0.3) is 9.05 Å². The highest BCUT2D eigenvalue weighted by Gasteiger charge is 2.17. The first-order valence-electron chi connectivity index (χ1n) is 3.39. The third-order valence-corrected chi connectivity index (χ3v) is 4.40. The van der Waals surface area contributed by atoms with Crippen LogP contribution in [-0.4, -0.2) is 15.5 Å². The molecule has 1 aromatic rings. The molecule has 80 valence electrons. The zero-order chi connectivity index (χ0) is 11.4. The Kier molecular flexibility index (Phi) is 6.24. The molecule has 0 amide bonds. The lowest BCUT2D eigenvalue weighted by Crippen LogP contribution is -1.93. The molecule has 0 spiro atoms. The van der Waals surface area contributed by atoms with Crippen LogP contribution in [0.1, 0.15) is 0 Å². The molecule has 0 aliphatic rings. The molecule has 0 fully saturated rings. The van der Waals surface area contributed by atoms with E-state index < -0.39 is 9.05 Å². The van der Waals surface area contributed by atoms with Crippen LogP contribution in [0, 0.1) is 0 Å². The average Bonchev–Trinajstić information content (AvgIpc) is 2.05. The molecular formula is C7H8Br2ClNO2S. The molecule has 0 saturated heterocycles. The average molecular weight is 365 g/mol. The van der Waals surface area contributed by atoms with Gasteiger partial charge in [0, 0.05) is 19.6 Å². The van der Waals surface area contributed by atoms with Crippen molar-refractivity contribution in [1.29, 1.82) is 0 Å². The lowest BCUT2D eigenvalue weighted by atomic mass is 10.4. The Morgan fingerprint density at radius 3 is 1.79 bits per heavy atom. The van der Waals surface area contributed by atoms with E-state index >= 15 is 0 Å². The number of hydrogen-bond donors (Lipinski definition) is 1. The zero-order valence-corrected chi connectivity index (χ0v) is 11.9. The first kappa shape index (κ1) is 14.4.